The molecule has 0 saturated carbocycles. The molecule has 1 aromatic carbocycles. The third kappa shape index (κ3) is 4.34. The first-order valence-corrected chi connectivity index (χ1v) is 7.48. The van der Waals surface area contributed by atoms with E-state index < -0.39 is 11.4 Å². The number of carboxylic acid groups (broad SMARTS) is 1. The van der Waals surface area contributed by atoms with Gasteiger partial charge in [-0.15, -0.1) is 0 Å². The van der Waals surface area contributed by atoms with Crippen molar-refractivity contribution in [1.82, 2.24) is 10.2 Å². The first-order valence-electron chi connectivity index (χ1n) is 7.48. The molecule has 2 N–H and O–H groups in total. The van der Waals surface area contributed by atoms with E-state index in [-0.39, 0.29) is 31.0 Å². The number of aliphatic carboxylic acids is 1. The van der Waals surface area contributed by atoms with E-state index in [9.17, 15) is 14.0 Å². The molecule has 2 unspecified atom stereocenters. The fourth-order valence-corrected chi connectivity index (χ4v) is 2.44. The van der Waals surface area contributed by atoms with Gasteiger partial charge in [0.1, 0.15) is 17.7 Å². The van der Waals surface area contributed by atoms with Crippen LogP contribution in [0.15, 0.2) is 24.3 Å². The summed E-state index contributed by atoms with van der Waals surface area (Å²) in [5, 5.41) is 11.9. The molecule has 0 aromatic heterocycles. The minimum Gasteiger partial charge on any atom is -0.489 e. The minimum absolute atomic E-state index is 0.196. The molecule has 2 amide bonds. The van der Waals surface area contributed by atoms with Crippen molar-refractivity contribution in [2.45, 2.75) is 26.4 Å². The number of likely N-dealkylation sites (tertiary alicyclic amines) is 1. The quantitative estimate of drug-likeness (QED) is 0.869. The highest BCUT2D eigenvalue weighted by molar-refractivity contribution is 5.79. The summed E-state index contributed by atoms with van der Waals surface area (Å²) in [6.45, 7) is 4.32. The summed E-state index contributed by atoms with van der Waals surface area (Å²) >= 11 is 0. The molecule has 2 atom stereocenters. The number of urea groups is 1. The first kappa shape index (κ1) is 17.1. The molecule has 1 aliphatic heterocycles. The standard InChI is InChI=1S/C16H21FN2O4/c1-11(23-13-5-3-12(17)4-6-13)9-18-15(22)19-8-7-16(2,10-19)14(20)21/h3-6,11H,7-10H2,1-2H3,(H,18,22)(H,20,21). The average molecular weight is 324 g/mol. The monoisotopic (exact) mass is 324 g/mol. The van der Waals surface area contributed by atoms with Gasteiger partial charge in [-0.3, -0.25) is 4.79 Å². The van der Waals surface area contributed by atoms with Crippen LogP contribution in [0.4, 0.5) is 9.18 Å². The Balaban J connectivity index is 1.78. The smallest absolute Gasteiger partial charge is 0.317 e. The second-order valence-corrected chi connectivity index (χ2v) is 6.11. The van der Waals surface area contributed by atoms with Gasteiger partial charge in [-0.2, -0.15) is 0 Å². The van der Waals surface area contributed by atoms with E-state index in [4.69, 9.17) is 9.84 Å². The zero-order chi connectivity index (χ0) is 17.0. The summed E-state index contributed by atoms with van der Waals surface area (Å²) in [6, 6.07) is 5.35. The molecule has 1 fully saturated rings. The molecule has 0 radical (unpaired) electrons. The summed E-state index contributed by atoms with van der Waals surface area (Å²) in [5.74, 6) is -0.706. The molecule has 6 nitrogen and oxygen atoms in total. The number of nitrogens with one attached hydrogen (secondary N) is 1. The van der Waals surface area contributed by atoms with E-state index in [1.54, 1.807) is 13.8 Å². The largest absolute Gasteiger partial charge is 0.489 e. The Morgan fingerprint density at radius 1 is 1.43 bits per heavy atom. The Kier molecular flexibility index (Phi) is 5.08. The Hall–Kier alpha value is -2.31. The van der Waals surface area contributed by atoms with Crippen LogP contribution in [0.2, 0.25) is 0 Å². The second-order valence-electron chi connectivity index (χ2n) is 6.11. The molecule has 7 heteroatoms. The zero-order valence-corrected chi connectivity index (χ0v) is 13.2. The van der Waals surface area contributed by atoms with Crippen LogP contribution >= 0.6 is 0 Å². The Labute approximate surface area is 134 Å². The Morgan fingerprint density at radius 2 is 2.09 bits per heavy atom. The van der Waals surface area contributed by atoms with Crippen LogP contribution in [0, 0.1) is 11.2 Å². The summed E-state index contributed by atoms with van der Waals surface area (Å²) < 4.78 is 18.4. The number of rotatable bonds is 5. The van der Waals surface area contributed by atoms with Gasteiger partial charge in [0.05, 0.1) is 12.0 Å². The van der Waals surface area contributed by atoms with Crippen LogP contribution in [-0.4, -0.2) is 47.7 Å². The Bertz CT molecular complexity index is 578. The maximum atomic E-state index is 12.8. The van der Waals surface area contributed by atoms with Gasteiger partial charge in [0.2, 0.25) is 0 Å². The predicted molar refractivity (Wildman–Crippen MR) is 81.8 cm³/mol. The molecule has 2 rings (SSSR count). The number of hydrogen-bond acceptors (Lipinski definition) is 3. The molecule has 0 spiro atoms. The third-order valence-electron chi connectivity index (χ3n) is 3.97. The number of hydrogen-bond donors (Lipinski definition) is 2. The maximum Gasteiger partial charge on any atom is 0.317 e. The van der Waals surface area contributed by atoms with E-state index >= 15 is 0 Å². The molecule has 126 valence electrons. The summed E-state index contributed by atoms with van der Waals surface area (Å²) in [4.78, 5) is 24.8. The van der Waals surface area contributed by atoms with Crippen molar-refractivity contribution in [1.29, 1.82) is 0 Å². The number of carbonyl (C=O) groups is 2. The first-order chi connectivity index (χ1) is 10.8. The van der Waals surface area contributed by atoms with Crippen LogP contribution in [0.5, 0.6) is 5.75 Å². The number of carbonyl (C=O) groups excluding carboxylic acids is 1. The van der Waals surface area contributed by atoms with E-state index in [0.29, 0.717) is 18.7 Å². The van der Waals surface area contributed by atoms with Crippen LogP contribution in [0.25, 0.3) is 0 Å². The van der Waals surface area contributed by atoms with Crippen LogP contribution in [0.1, 0.15) is 20.3 Å². The van der Waals surface area contributed by atoms with Gasteiger partial charge in [0.25, 0.3) is 0 Å². The van der Waals surface area contributed by atoms with Crippen molar-refractivity contribution in [3.8, 4) is 5.75 Å². The lowest BCUT2D eigenvalue weighted by Crippen LogP contribution is -2.43. The number of benzene rings is 1. The topological polar surface area (TPSA) is 78.9 Å². The van der Waals surface area contributed by atoms with Crippen LogP contribution in [0.3, 0.4) is 0 Å². The van der Waals surface area contributed by atoms with E-state index in [0.717, 1.165) is 0 Å². The minimum atomic E-state index is -0.888. The van der Waals surface area contributed by atoms with Gasteiger partial charge in [0, 0.05) is 13.1 Å². The fraction of sp³-hybridized carbons (Fsp3) is 0.500. The van der Waals surface area contributed by atoms with Crippen molar-refractivity contribution in [2.24, 2.45) is 5.41 Å². The number of nitrogens with zero attached hydrogens (tertiary/aromatic N) is 1. The molecule has 1 saturated heterocycles. The molecule has 1 heterocycles. The van der Waals surface area contributed by atoms with E-state index in [2.05, 4.69) is 5.32 Å². The van der Waals surface area contributed by atoms with Crippen LogP contribution in [-0.2, 0) is 4.79 Å². The highest BCUT2D eigenvalue weighted by atomic mass is 19.1. The van der Waals surface area contributed by atoms with Gasteiger partial charge in [-0.05, 0) is 44.5 Å². The van der Waals surface area contributed by atoms with Gasteiger partial charge in [-0.1, -0.05) is 0 Å². The van der Waals surface area contributed by atoms with Gasteiger partial charge < -0.3 is 20.1 Å². The van der Waals surface area contributed by atoms with Crippen molar-refractivity contribution >= 4 is 12.0 Å². The SMILES string of the molecule is CC(CNC(=O)N1CCC(C)(C(=O)O)C1)Oc1ccc(F)cc1. The molecular formula is C16H21FN2O4. The molecule has 0 aliphatic carbocycles. The van der Waals surface area contributed by atoms with Crippen LogP contribution < -0.4 is 10.1 Å². The lowest BCUT2D eigenvalue weighted by atomic mass is 9.90. The molecule has 1 aliphatic rings. The fourth-order valence-electron chi connectivity index (χ4n) is 2.44. The number of carboxylic acids is 1. The normalized spacial score (nSPS) is 21.8. The highest BCUT2D eigenvalue weighted by Crippen LogP contribution is 2.29. The summed E-state index contributed by atoms with van der Waals surface area (Å²) in [7, 11) is 0. The summed E-state index contributed by atoms with van der Waals surface area (Å²) in [6.07, 6.45) is 0.148. The van der Waals surface area contributed by atoms with Crippen molar-refractivity contribution in [3.63, 3.8) is 0 Å². The van der Waals surface area contributed by atoms with Crippen molar-refractivity contribution < 1.29 is 23.8 Å². The number of amides is 2. The molecular weight excluding hydrogens is 303 g/mol. The molecule has 1 aromatic rings. The van der Waals surface area contributed by atoms with E-state index in [1.807, 2.05) is 0 Å². The third-order valence-corrected chi connectivity index (χ3v) is 3.97. The zero-order valence-electron chi connectivity index (χ0n) is 13.2. The van der Waals surface area contributed by atoms with Crippen molar-refractivity contribution in [2.75, 3.05) is 19.6 Å². The average Bonchev–Trinajstić information content (AvgIpc) is 2.91. The van der Waals surface area contributed by atoms with E-state index in [1.165, 1.54) is 29.2 Å². The van der Waals surface area contributed by atoms with Gasteiger partial charge >= 0.3 is 12.0 Å². The highest BCUT2D eigenvalue weighted by Gasteiger charge is 2.42. The van der Waals surface area contributed by atoms with Gasteiger partial charge in [0.15, 0.2) is 0 Å². The van der Waals surface area contributed by atoms with Crippen molar-refractivity contribution in [3.05, 3.63) is 30.1 Å². The summed E-state index contributed by atoms with van der Waals surface area (Å²) in [5.41, 5.74) is -0.881. The molecule has 0 bridgehead atoms. The second kappa shape index (κ2) is 6.85. The number of ether oxygens (including phenoxy) is 1. The van der Waals surface area contributed by atoms with Gasteiger partial charge in [-0.25, -0.2) is 9.18 Å². The maximum absolute atomic E-state index is 12.8. The number of halogens is 1. The Morgan fingerprint density at radius 3 is 2.65 bits per heavy atom. The molecule has 23 heavy (non-hydrogen) atoms. The lowest BCUT2D eigenvalue weighted by molar-refractivity contribution is -0.147. The predicted octanol–water partition coefficient (Wildman–Crippen LogP) is 2.10. The lowest BCUT2D eigenvalue weighted by Gasteiger charge is -2.22.